The maximum atomic E-state index is 2.51. The minimum Gasteiger partial charge on any atom is -0.229 e. The minimum atomic E-state index is 0.129. The van der Waals surface area contributed by atoms with E-state index < -0.39 is 0 Å². The molecule has 1 aliphatic heterocycles. The van der Waals surface area contributed by atoms with Crippen molar-refractivity contribution < 1.29 is 0 Å². The second-order valence-corrected chi connectivity index (χ2v) is 6.95. The Morgan fingerprint density at radius 1 is 0.895 bits per heavy atom. The first-order chi connectivity index (χ1) is 9.07. The summed E-state index contributed by atoms with van der Waals surface area (Å²) in [4.78, 5) is 1.38. The van der Waals surface area contributed by atoms with Crippen LogP contribution in [0.25, 0.3) is 0 Å². The second-order valence-electron chi connectivity index (χ2n) is 5.94. The van der Waals surface area contributed by atoms with E-state index in [9.17, 15) is 0 Å². The summed E-state index contributed by atoms with van der Waals surface area (Å²) in [5, 5.41) is 0. The van der Waals surface area contributed by atoms with Crippen molar-refractivity contribution in [3.8, 4) is 0 Å². The van der Waals surface area contributed by atoms with Gasteiger partial charge < -0.3 is 0 Å². The molecule has 0 saturated heterocycles. The monoisotopic (exact) mass is 269 g/mol. The topological polar surface area (TPSA) is 3.24 Å². The molecule has 98 valence electrons. The predicted octanol–water partition coefficient (Wildman–Crippen LogP) is 4.90. The standard InChI is InChI=1S/C17H19NS/c1-17(2,3)18-16(13-9-5-4-6-10-13)14-11-7-8-12-15(14)19-18/h4-12,16H,1-3H3. The van der Waals surface area contributed by atoms with E-state index in [-0.39, 0.29) is 5.54 Å². The van der Waals surface area contributed by atoms with Crippen LogP contribution >= 0.6 is 11.9 Å². The molecule has 0 N–H and O–H groups in total. The van der Waals surface area contributed by atoms with Crippen LogP contribution in [-0.2, 0) is 0 Å². The van der Waals surface area contributed by atoms with Gasteiger partial charge in [0, 0.05) is 10.4 Å². The van der Waals surface area contributed by atoms with Gasteiger partial charge in [-0.05, 0) is 49.9 Å². The molecule has 1 unspecified atom stereocenters. The largest absolute Gasteiger partial charge is 0.229 e. The van der Waals surface area contributed by atoms with Gasteiger partial charge in [0.25, 0.3) is 0 Å². The van der Waals surface area contributed by atoms with Crippen molar-refractivity contribution in [3.05, 3.63) is 65.7 Å². The first-order valence-corrected chi connectivity index (χ1v) is 7.46. The molecular formula is C17H19NS. The molecule has 0 amide bonds. The van der Waals surface area contributed by atoms with E-state index in [2.05, 4.69) is 79.7 Å². The molecule has 1 heterocycles. The van der Waals surface area contributed by atoms with Gasteiger partial charge in [-0.3, -0.25) is 0 Å². The molecule has 1 atom stereocenters. The lowest BCUT2D eigenvalue weighted by Crippen LogP contribution is -2.36. The minimum absolute atomic E-state index is 0.129. The Kier molecular flexibility index (Phi) is 3.15. The number of benzene rings is 2. The zero-order valence-electron chi connectivity index (χ0n) is 11.6. The van der Waals surface area contributed by atoms with Crippen molar-refractivity contribution in [2.75, 3.05) is 0 Å². The predicted molar refractivity (Wildman–Crippen MR) is 82.2 cm³/mol. The molecular weight excluding hydrogens is 250 g/mol. The fourth-order valence-corrected chi connectivity index (χ4v) is 3.80. The van der Waals surface area contributed by atoms with E-state index in [1.54, 1.807) is 0 Å². The molecule has 19 heavy (non-hydrogen) atoms. The van der Waals surface area contributed by atoms with Gasteiger partial charge in [-0.1, -0.05) is 48.5 Å². The molecule has 0 spiro atoms. The molecule has 2 heteroatoms. The second kappa shape index (κ2) is 4.69. The first-order valence-electron chi connectivity index (χ1n) is 6.68. The van der Waals surface area contributed by atoms with Crippen LogP contribution < -0.4 is 0 Å². The Bertz CT molecular complexity index is 571. The van der Waals surface area contributed by atoms with Crippen molar-refractivity contribution >= 4 is 11.9 Å². The number of fused-ring (bicyclic) bond motifs is 1. The van der Waals surface area contributed by atoms with E-state index in [0.717, 1.165) is 0 Å². The van der Waals surface area contributed by atoms with Gasteiger partial charge in [0.15, 0.2) is 0 Å². The van der Waals surface area contributed by atoms with Gasteiger partial charge >= 0.3 is 0 Å². The van der Waals surface area contributed by atoms with Crippen LogP contribution in [-0.4, -0.2) is 9.84 Å². The van der Waals surface area contributed by atoms with Gasteiger partial charge in [-0.15, -0.1) is 0 Å². The molecule has 0 fully saturated rings. The Hall–Kier alpha value is -1.25. The lowest BCUT2D eigenvalue weighted by atomic mass is 9.95. The molecule has 0 aromatic heterocycles. The molecule has 1 aliphatic rings. The highest BCUT2D eigenvalue weighted by atomic mass is 32.2. The SMILES string of the molecule is CC(C)(C)N1Sc2ccccc2C1c1ccccc1. The fourth-order valence-electron chi connectivity index (χ4n) is 2.55. The highest BCUT2D eigenvalue weighted by Crippen LogP contribution is 2.50. The molecule has 1 nitrogen and oxygen atoms in total. The maximum Gasteiger partial charge on any atom is 0.0722 e. The van der Waals surface area contributed by atoms with Gasteiger partial charge in [0.2, 0.25) is 0 Å². The molecule has 2 aromatic carbocycles. The highest BCUT2D eigenvalue weighted by Gasteiger charge is 2.38. The summed E-state index contributed by atoms with van der Waals surface area (Å²) in [6.07, 6.45) is 0. The molecule has 3 rings (SSSR count). The van der Waals surface area contributed by atoms with Crippen LogP contribution in [0.1, 0.15) is 37.9 Å². The lowest BCUT2D eigenvalue weighted by Gasteiger charge is -2.35. The zero-order chi connectivity index (χ0) is 13.5. The summed E-state index contributed by atoms with van der Waals surface area (Å²) in [6.45, 7) is 6.84. The fraction of sp³-hybridized carbons (Fsp3) is 0.294. The van der Waals surface area contributed by atoms with E-state index in [0.29, 0.717) is 6.04 Å². The lowest BCUT2D eigenvalue weighted by molar-refractivity contribution is 0.242. The number of nitrogens with zero attached hydrogens (tertiary/aromatic N) is 1. The summed E-state index contributed by atoms with van der Waals surface area (Å²) in [5.74, 6) is 0. The van der Waals surface area contributed by atoms with Crippen LogP contribution in [0, 0.1) is 0 Å². The average molecular weight is 269 g/mol. The molecule has 0 radical (unpaired) electrons. The Balaban J connectivity index is 2.11. The number of rotatable bonds is 1. The third kappa shape index (κ3) is 2.31. The average Bonchev–Trinajstić information content (AvgIpc) is 2.79. The molecule has 0 aliphatic carbocycles. The number of hydrogen-bond donors (Lipinski definition) is 0. The summed E-state index contributed by atoms with van der Waals surface area (Å²) in [6, 6.07) is 19.9. The van der Waals surface area contributed by atoms with Gasteiger partial charge in [0.1, 0.15) is 0 Å². The summed E-state index contributed by atoms with van der Waals surface area (Å²) >= 11 is 1.88. The van der Waals surface area contributed by atoms with Crippen LogP contribution in [0.2, 0.25) is 0 Å². The van der Waals surface area contributed by atoms with Gasteiger partial charge in [-0.2, -0.15) is 0 Å². The van der Waals surface area contributed by atoms with Gasteiger partial charge in [-0.25, -0.2) is 4.31 Å². The number of hydrogen-bond acceptors (Lipinski definition) is 2. The van der Waals surface area contributed by atoms with Crippen LogP contribution in [0.3, 0.4) is 0 Å². The molecule has 0 bridgehead atoms. The van der Waals surface area contributed by atoms with Crippen LogP contribution in [0.15, 0.2) is 59.5 Å². The summed E-state index contributed by atoms with van der Waals surface area (Å²) in [5.41, 5.74) is 2.92. The highest BCUT2D eigenvalue weighted by molar-refractivity contribution is 7.97. The van der Waals surface area contributed by atoms with E-state index >= 15 is 0 Å². The summed E-state index contributed by atoms with van der Waals surface area (Å²) in [7, 11) is 0. The maximum absolute atomic E-state index is 2.51. The van der Waals surface area contributed by atoms with Crippen LogP contribution in [0.4, 0.5) is 0 Å². The van der Waals surface area contributed by atoms with Crippen molar-refractivity contribution in [1.29, 1.82) is 0 Å². The zero-order valence-corrected chi connectivity index (χ0v) is 12.4. The van der Waals surface area contributed by atoms with Crippen molar-refractivity contribution in [1.82, 2.24) is 4.31 Å². The Morgan fingerprint density at radius 3 is 2.21 bits per heavy atom. The van der Waals surface area contributed by atoms with Crippen molar-refractivity contribution in [3.63, 3.8) is 0 Å². The Morgan fingerprint density at radius 2 is 1.53 bits per heavy atom. The van der Waals surface area contributed by atoms with Gasteiger partial charge in [0.05, 0.1) is 6.04 Å². The quantitative estimate of drug-likeness (QED) is 0.678. The van der Waals surface area contributed by atoms with E-state index in [4.69, 9.17) is 0 Å². The third-order valence-corrected chi connectivity index (χ3v) is 4.94. The molecule has 2 aromatic rings. The van der Waals surface area contributed by atoms with Crippen LogP contribution in [0.5, 0.6) is 0 Å². The van der Waals surface area contributed by atoms with Crippen molar-refractivity contribution in [2.45, 2.75) is 37.2 Å². The molecule has 0 saturated carbocycles. The van der Waals surface area contributed by atoms with Crippen molar-refractivity contribution in [2.24, 2.45) is 0 Å². The van der Waals surface area contributed by atoms with E-state index in [1.807, 2.05) is 11.9 Å². The third-order valence-electron chi connectivity index (χ3n) is 3.42. The Labute approximate surface area is 119 Å². The smallest absolute Gasteiger partial charge is 0.0722 e. The summed E-state index contributed by atoms with van der Waals surface area (Å²) < 4.78 is 2.51. The normalized spacial score (nSPS) is 19.4. The van der Waals surface area contributed by atoms with E-state index in [1.165, 1.54) is 16.0 Å². The first kappa shape index (κ1) is 12.8.